The molecule has 1 aromatic heterocycles. The molecule has 1 N–H and O–H groups in total. The predicted octanol–water partition coefficient (Wildman–Crippen LogP) is 3.19. The van der Waals surface area contributed by atoms with Gasteiger partial charge in [0, 0.05) is 6.04 Å². The van der Waals surface area contributed by atoms with E-state index >= 15 is 0 Å². The first-order valence-electron chi connectivity index (χ1n) is 6.03. The molecule has 1 saturated carbocycles. The van der Waals surface area contributed by atoms with Crippen LogP contribution in [0.1, 0.15) is 38.9 Å². The van der Waals surface area contributed by atoms with Gasteiger partial charge in [-0.2, -0.15) is 0 Å². The molecule has 84 valence electrons. The molecule has 1 heterocycles. The zero-order valence-electron chi connectivity index (χ0n) is 9.70. The smallest absolute Gasteiger partial charge is 0.117 e. The van der Waals surface area contributed by atoms with Crippen LogP contribution in [0.25, 0.3) is 0 Å². The van der Waals surface area contributed by atoms with Crippen LogP contribution in [-0.2, 0) is 6.54 Å². The molecule has 1 aliphatic carbocycles. The minimum absolute atomic E-state index is 0.666. The van der Waals surface area contributed by atoms with Crippen molar-refractivity contribution in [2.45, 2.75) is 45.7 Å². The minimum atomic E-state index is 0.666. The van der Waals surface area contributed by atoms with Crippen molar-refractivity contribution in [3.8, 4) is 0 Å². The van der Waals surface area contributed by atoms with Crippen LogP contribution in [0.4, 0.5) is 0 Å². The van der Waals surface area contributed by atoms with Crippen LogP contribution in [0.3, 0.4) is 0 Å². The van der Waals surface area contributed by atoms with E-state index in [-0.39, 0.29) is 0 Å². The predicted molar refractivity (Wildman–Crippen MR) is 61.5 cm³/mol. The summed E-state index contributed by atoms with van der Waals surface area (Å²) in [4.78, 5) is 0. The average Bonchev–Trinajstić information content (AvgIpc) is 2.73. The third-order valence-corrected chi connectivity index (χ3v) is 3.83. The molecule has 2 nitrogen and oxygen atoms in total. The van der Waals surface area contributed by atoms with E-state index < -0.39 is 0 Å². The highest BCUT2D eigenvalue weighted by Gasteiger charge is 2.26. The molecule has 0 aromatic carbocycles. The quantitative estimate of drug-likeness (QED) is 0.823. The van der Waals surface area contributed by atoms with Gasteiger partial charge in [0.1, 0.15) is 5.76 Å². The maximum Gasteiger partial charge on any atom is 0.117 e. The zero-order valence-corrected chi connectivity index (χ0v) is 9.70. The van der Waals surface area contributed by atoms with Gasteiger partial charge in [0.05, 0.1) is 12.8 Å². The van der Waals surface area contributed by atoms with E-state index in [0.717, 1.165) is 24.1 Å². The van der Waals surface area contributed by atoms with E-state index in [0.29, 0.717) is 6.04 Å². The van der Waals surface area contributed by atoms with E-state index in [2.05, 4.69) is 19.2 Å². The number of hydrogen-bond donors (Lipinski definition) is 1. The first-order valence-corrected chi connectivity index (χ1v) is 6.03. The summed E-state index contributed by atoms with van der Waals surface area (Å²) in [7, 11) is 0. The zero-order chi connectivity index (χ0) is 10.7. The molecule has 15 heavy (non-hydrogen) atoms. The van der Waals surface area contributed by atoms with Gasteiger partial charge in [-0.05, 0) is 30.4 Å². The standard InChI is InChI=1S/C13H21NO/c1-10-5-3-7-13(11(10)2)14-9-12-6-4-8-15-12/h4,6,8,10-11,13-14H,3,5,7,9H2,1-2H3. The fourth-order valence-electron chi connectivity index (χ4n) is 2.51. The first kappa shape index (κ1) is 10.7. The molecular weight excluding hydrogens is 186 g/mol. The normalized spacial score (nSPS) is 31.7. The molecule has 2 rings (SSSR count). The second-order valence-corrected chi connectivity index (χ2v) is 4.83. The summed E-state index contributed by atoms with van der Waals surface area (Å²) in [6.07, 6.45) is 5.80. The molecule has 0 spiro atoms. The van der Waals surface area contributed by atoms with Gasteiger partial charge in [-0.1, -0.05) is 26.7 Å². The van der Waals surface area contributed by atoms with Crippen molar-refractivity contribution in [3.05, 3.63) is 24.2 Å². The number of hydrogen-bond acceptors (Lipinski definition) is 2. The Balaban J connectivity index is 1.83. The van der Waals surface area contributed by atoms with Crippen LogP contribution < -0.4 is 5.32 Å². The van der Waals surface area contributed by atoms with E-state index in [1.54, 1.807) is 6.26 Å². The number of furan rings is 1. The minimum Gasteiger partial charge on any atom is -0.468 e. The van der Waals surface area contributed by atoms with Crippen LogP contribution in [0.15, 0.2) is 22.8 Å². The molecule has 1 fully saturated rings. The lowest BCUT2D eigenvalue weighted by atomic mass is 9.78. The van der Waals surface area contributed by atoms with Gasteiger partial charge in [-0.25, -0.2) is 0 Å². The first-order chi connectivity index (χ1) is 7.27. The Hall–Kier alpha value is -0.760. The van der Waals surface area contributed by atoms with Crippen molar-refractivity contribution in [2.24, 2.45) is 11.8 Å². The van der Waals surface area contributed by atoms with Gasteiger partial charge in [-0.15, -0.1) is 0 Å². The van der Waals surface area contributed by atoms with E-state index in [4.69, 9.17) is 4.42 Å². The summed E-state index contributed by atoms with van der Waals surface area (Å²) in [5, 5.41) is 3.61. The lowest BCUT2D eigenvalue weighted by Crippen LogP contribution is -2.40. The van der Waals surface area contributed by atoms with Gasteiger partial charge in [-0.3, -0.25) is 0 Å². The lowest BCUT2D eigenvalue weighted by molar-refractivity contribution is 0.203. The maximum atomic E-state index is 5.32. The molecule has 0 amide bonds. The Bertz CT molecular complexity index is 281. The van der Waals surface area contributed by atoms with Gasteiger partial charge < -0.3 is 9.73 Å². The SMILES string of the molecule is CC1CCCC(NCc2ccco2)C1C. The Morgan fingerprint density at radius 2 is 2.27 bits per heavy atom. The molecular formula is C13H21NO. The summed E-state index contributed by atoms with van der Waals surface area (Å²) < 4.78 is 5.32. The highest BCUT2D eigenvalue weighted by Crippen LogP contribution is 2.29. The van der Waals surface area contributed by atoms with Crippen molar-refractivity contribution in [2.75, 3.05) is 0 Å². The van der Waals surface area contributed by atoms with Gasteiger partial charge in [0.15, 0.2) is 0 Å². The van der Waals surface area contributed by atoms with E-state index in [1.165, 1.54) is 19.3 Å². The summed E-state index contributed by atoms with van der Waals surface area (Å²) in [6.45, 7) is 5.60. The van der Waals surface area contributed by atoms with Gasteiger partial charge >= 0.3 is 0 Å². The molecule has 0 aliphatic heterocycles. The lowest BCUT2D eigenvalue weighted by Gasteiger charge is -2.34. The molecule has 1 aromatic rings. The van der Waals surface area contributed by atoms with Crippen molar-refractivity contribution in [1.29, 1.82) is 0 Å². The molecule has 3 unspecified atom stereocenters. The monoisotopic (exact) mass is 207 g/mol. The molecule has 0 bridgehead atoms. The second kappa shape index (κ2) is 4.84. The summed E-state index contributed by atoms with van der Waals surface area (Å²) in [5.41, 5.74) is 0. The van der Waals surface area contributed by atoms with Crippen molar-refractivity contribution in [3.63, 3.8) is 0 Å². The molecule has 1 aliphatic rings. The van der Waals surface area contributed by atoms with Crippen LogP contribution in [0.2, 0.25) is 0 Å². The summed E-state index contributed by atoms with van der Waals surface area (Å²) in [5.74, 6) is 2.68. The van der Waals surface area contributed by atoms with Crippen LogP contribution in [0.5, 0.6) is 0 Å². The van der Waals surface area contributed by atoms with Crippen molar-refractivity contribution < 1.29 is 4.42 Å². The number of nitrogens with one attached hydrogen (secondary N) is 1. The van der Waals surface area contributed by atoms with Crippen molar-refractivity contribution in [1.82, 2.24) is 5.32 Å². The second-order valence-electron chi connectivity index (χ2n) is 4.83. The summed E-state index contributed by atoms with van der Waals surface area (Å²) >= 11 is 0. The molecule has 0 saturated heterocycles. The van der Waals surface area contributed by atoms with Crippen molar-refractivity contribution >= 4 is 0 Å². The van der Waals surface area contributed by atoms with Gasteiger partial charge in [0.25, 0.3) is 0 Å². The molecule has 3 atom stereocenters. The van der Waals surface area contributed by atoms with Crippen LogP contribution in [0, 0.1) is 11.8 Å². The fraction of sp³-hybridized carbons (Fsp3) is 0.692. The van der Waals surface area contributed by atoms with E-state index in [1.807, 2.05) is 12.1 Å². The summed E-state index contributed by atoms with van der Waals surface area (Å²) in [6, 6.07) is 4.65. The molecule has 0 radical (unpaired) electrons. The Kier molecular flexibility index (Phi) is 3.47. The third kappa shape index (κ3) is 2.63. The third-order valence-electron chi connectivity index (χ3n) is 3.83. The largest absolute Gasteiger partial charge is 0.468 e. The fourth-order valence-corrected chi connectivity index (χ4v) is 2.51. The average molecular weight is 207 g/mol. The van der Waals surface area contributed by atoms with Gasteiger partial charge in [0.2, 0.25) is 0 Å². The highest BCUT2D eigenvalue weighted by atomic mass is 16.3. The van der Waals surface area contributed by atoms with Crippen LogP contribution in [-0.4, -0.2) is 6.04 Å². The van der Waals surface area contributed by atoms with Crippen LogP contribution >= 0.6 is 0 Å². The highest BCUT2D eigenvalue weighted by molar-refractivity contribution is 4.98. The maximum absolute atomic E-state index is 5.32. The topological polar surface area (TPSA) is 25.2 Å². The number of rotatable bonds is 3. The molecule has 2 heteroatoms. The Labute approximate surface area is 92.1 Å². The van der Waals surface area contributed by atoms with E-state index in [9.17, 15) is 0 Å². The Morgan fingerprint density at radius 1 is 1.40 bits per heavy atom. The Morgan fingerprint density at radius 3 is 3.00 bits per heavy atom.